The highest BCUT2D eigenvalue weighted by atomic mass is 16.5. The molecule has 0 fully saturated rings. The Bertz CT molecular complexity index is 415. The third-order valence-electron chi connectivity index (χ3n) is 1.79. The molecule has 0 atom stereocenters. The van der Waals surface area contributed by atoms with E-state index in [2.05, 4.69) is 20.6 Å². The van der Waals surface area contributed by atoms with Gasteiger partial charge in [-0.3, -0.25) is 5.43 Å². The molecule has 0 saturated heterocycles. The second-order valence-corrected chi connectivity index (χ2v) is 2.63. The molecule has 2 aromatic rings. The Hall–Kier alpha value is -1.95. The van der Waals surface area contributed by atoms with Crippen molar-refractivity contribution in [1.82, 2.24) is 15.2 Å². The highest BCUT2D eigenvalue weighted by Crippen LogP contribution is 2.17. The van der Waals surface area contributed by atoms with E-state index >= 15 is 0 Å². The maximum atomic E-state index is 5.16. The summed E-state index contributed by atoms with van der Waals surface area (Å²) in [6.07, 6.45) is 0. The van der Waals surface area contributed by atoms with E-state index in [1.165, 1.54) is 0 Å². The van der Waals surface area contributed by atoms with Gasteiger partial charge in [0, 0.05) is 6.07 Å². The number of fused-ring (bicyclic) bond motifs is 1. The van der Waals surface area contributed by atoms with Gasteiger partial charge in [-0.2, -0.15) is 0 Å². The number of hydrogen-bond donors (Lipinski definition) is 2. The zero-order chi connectivity index (χ0) is 9.97. The fourth-order valence-corrected chi connectivity index (χ4v) is 1.10. The van der Waals surface area contributed by atoms with Crippen LogP contribution in [-0.4, -0.2) is 22.3 Å². The summed E-state index contributed by atoms with van der Waals surface area (Å²) in [6, 6.07) is 5.36. The lowest BCUT2D eigenvalue weighted by atomic mass is 10.3. The maximum absolute atomic E-state index is 5.16. The lowest BCUT2D eigenvalue weighted by molar-refractivity contribution is 0.415. The quantitative estimate of drug-likeness (QED) is 0.525. The van der Waals surface area contributed by atoms with Crippen LogP contribution < -0.4 is 16.0 Å². The minimum atomic E-state index is 0.294. The summed E-state index contributed by atoms with van der Waals surface area (Å²) in [5, 5.41) is 7.67. The van der Waals surface area contributed by atoms with Crippen LogP contribution in [0.15, 0.2) is 18.2 Å². The molecule has 6 heteroatoms. The molecule has 0 amide bonds. The van der Waals surface area contributed by atoms with Gasteiger partial charge in [-0.15, -0.1) is 10.2 Å². The number of methoxy groups -OCH3 is 1. The Morgan fingerprint density at radius 2 is 2.14 bits per heavy atom. The fourth-order valence-electron chi connectivity index (χ4n) is 1.10. The molecule has 0 aliphatic rings. The molecule has 0 aliphatic heterocycles. The van der Waals surface area contributed by atoms with Crippen LogP contribution in [0.25, 0.3) is 11.0 Å². The SMILES string of the molecule is COc1ccc2nc(NN)nnc2c1. The lowest BCUT2D eigenvalue weighted by Crippen LogP contribution is -2.11. The van der Waals surface area contributed by atoms with Crippen molar-refractivity contribution in [2.24, 2.45) is 5.84 Å². The predicted molar refractivity (Wildman–Crippen MR) is 51.7 cm³/mol. The minimum Gasteiger partial charge on any atom is -0.497 e. The molecular weight excluding hydrogens is 182 g/mol. The van der Waals surface area contributed by atoms with Crippen molar-refractivity contribution in [2.45, 2.75) is 0 Å². The van der Waals surface area contributed by atoms with Gasteiger partial charge < -0.3 is 4.74 Å². The highest BCUT2D eigenvalue weighted by molar-refractivity contribution is 5.76. The largest absolute Gasteiger partial charge is 0.497 e. The summed E-state index contributed by atoms with van der Waals surface area (Å²) >= 11 is 0. The van der Waals surface area contributed by atoms with Crippen molar-refractivity contribution >= 4 is 17.0 Å². The van der Waals surface area contributed by atoms with E-state index in [0.717, 1.165) is 5.75 Å². The van der Waals surface area contributed by atoms with Gasteiger partial charge in [0.1, 0.15) is 11.3 Å². The number of nitrogens with one attached hydrogen (secondary N) is 1. The number of nitrogens with two attached hydrogens (primary N) is 1. The second kappa shape index (κ2) is 3.43. The third-order valence-corrected chi connectivity index (χ3v) is 1.79. The summed E-state index contributed by atoms with van der Waals surface area (Å²) in [5.41, 5.74) is 3.72. The molecule has 14 heavy (non-hydrogen) atoms. The molecule has 0 spiro atoms. The van der Waals surface area contributed by atoms with Gasteiger partial charge >= 0.3 is 0 Å². The van der Waals surface area contributed by atoms with Crippen LogP contribution in [0.3, 0.4) is 0 Å². The number of ether oxygens (including phenoxy) is 1. The predicted octanol–water partition coefficient (Wildman–Crippen LogP) is 0.319. The van der Waals surface area contributed by atoms with Gasteiger partial charge in [0.15, 0.2) is 0 Å². The van der Waals surface area contributed by atoms with Gasteiger partial charge in [-0.1, -0.05) is 0 Å². The zero-order valence-electron chi connectivity index (χ0n) is 7.56. The number of hydrogen-bond acceptors (Lipinski definition) is 6. The molecular formula is C8H9N5O. The normalized spacial score (nSPS) is 10.1. The van der Waals surface area contributed by atoms with Gasteiger partial charge in [0.05, 0.1) is 12.6 Å². The van der Waals surface area contributed by atoms with Gasteiger partial charge in [0.2, 0.25) is 0 Å². The fraction of sp³-hybridized carbons (Fsp3) is 0.125. The summed E-state index contributed by atoms with van der Waals surface area (Å²) in [7, 11) is 1.60. The Morgan fingerprint density at radius 3 is 2.86 bits per heavy atom. The molecule has 1 heterocycles. The third kappa shape index (κ3) is 1.42. The first-order valence-corrected chi connectivity index (χ1v) is 3.98. The molecule has 72 valence electrons. The number of anilines is 1. The van der Waals surface area contributed by atoms with Crippen molar-refractivity contribution in [2.75, 3.05) is 12.5 Å². The van der Waals surface area contributed by atoms with Crippen molar-refractivity contribution in [3.05, 3.63) is 18.2 Å². The summed E-state index contributed by atoms with van der Waals surface area (Å²) in [6.45, 7) is 0. The van der Waals surface area contributed by atoms with Crippen LogP contribution >= 0.6 is 0 Å². The molecule has 0 radical (unpaired) electrons. The molecule has 0 unspecified atom stereocenters. The highest BCUT2D eigenvalue weighted by Gasteiger charge is 2.01. The van der Waals surface area contributed by atoms with Crippen LogP contribution in [0.5, 0.6) is 5.75 Å². The Morgan fingerprint density at radius 1 is 1.29 bits per heavy atom. The minimum absolute atomic E-state index is 0.294. The van der Waals surface area contributed by atoms with Crippen LogP contribution in [0.4, 0.5) is 5.95 Å². The topological polar surface area (TPSA) is 86.0 Å². The maximum Gasteiger partial charge on any atom is 0.257 e. The van der Waals surface area contributed by atoms with Crippen molar-refractivity contribution in [3.63, 3.8) is 0 Å². The number of aromatic nitrogens is 3. The second-order valence-electron chi connectivity index (χ2n) is 2.63. The number of hydrazine groups is 1. The first kappa shape index (κ1) is 8.64. The van der Waals surface area contributed by atoms with E-state index in [-0.39, 0.29) is 0 Å². The molecule has 3 N–H and O–H groups in total. The van der Waals surface area contributed by atoms with E-state index < -0.39 is 0 Å². The standard InChI is InChI=1S/C8H9N5O/c1-14-5-2-3-6-7(4-5)12-13-8(10-6)11-9/h2-4H,9H2,1H3,(H,10,11,13). The molecule has 0 bridgehead atoms. The van der Waals surface area contributed by atoms with Crippen molar-refractivity contribution in [1.29, 1.82) is 0 Å². The van der Waals surface area contributed by atoms with E-state index in [0.29, 0.717) is 17.0 Å². The van der Waals surface area contributed by atoms with Gasteiger partial charge in [-0.25, -0.2) is 10.8 Å². The lowest BCUT2D eigenvalue weighted by Gasteiger charge is -2.01. The molecule has 6 nitrogen and oxygen atoms in total. The van der Waals surface area contributed by atoms with Crippen LogP contribution in [-0.2, 0) is 0 Å². The van der Waals surface area contributed by atoms with Gasteiger partial charge in [-0.05, 0) is 12.1 Å². The summed E-state index contributed by atoms with van der Waals surface area (Å²) in [5.74, 6) is 6.18. The monoisotopic (exact) mass is 191 g/mol. The van der Waals surface area contributed by atoms with Crippen LogP contribution in [0.1, 0.15) is 0 Å². The average molecular weight is 191 g/mol. The van der Waals surface area contributed by atoms with Crippen LogP contribution in [0.2, 0.25) is 0 Å². The van der Waals surface area contributed by atoms with E-state index in [4.69, 9.17) is 10.6 Å². The first-order valence-electron chi connectivity index (χ1n) is 3.98. The number of nitrogens with zero attached hydrogens (tertiary/aromatic N) is 3. The first-order chi connectivity index (χ1) is 6.83. The van der Waals surface area contributed by atoms with E-state index in [1.54, 1.807) is 25.3 Å². The molecule has 0 saturated carbocycles. The number of rotatable bonds is 2. The Labute approximate surface area is 80.1 Å². The molecule has 1 aromatic heterocycles. The molecule has 2 rings (SSSR count). The van der Waals surface area contributed by atoms with Crippen molar-refractivity contribution < 1.29 is 4.74 Å². The van der Waals surface area contributed by atoms with Crippen LogP contribution in [0, 0.1) is 0 Å². The summed E-state index contributed by atoms with van der Waals surface area (Å²) < 4.78 is 5.04. The average Bonchev–Trinajstić information content (AvgIpc) is 2.27. The molecule has 1 aromatic carbocycles. The van der Waals surface area contributed by atoms with E-state index in [1.807, 2.05) is 0 Å². The number of benzene rings is 1. The van der Waals surface area contributed by atoms with E-state index in [9.17, 15) is 0 Å². The van der Waals surface area contributed by atoms with Crippen molar-refractivity contribution in [3.8, 4) is 5.75 Å². The Kier molecular flexibility index (Phi) is 2.11. The number of nitrogen functional groups attached to an aromatic ring is 1. The Balaban J connectivity index is 2.57. The smallest absolute Gasteiger partial charge is 0.257 e. The molecule has 0 aliphatic carbocycles. The summed E-state index contributed by atoms with van der Waals surface area (Å²) in [4.78, 5) is 4.10. The zero-order valence-corrected chi connectivity index (χ0v) is 7.56. The van der Waals surface area contributed by atoms with Gasteiger partial charge in [0.25, 0.3) is 5.95 Å².